The fraction of sp³-hybridized carbons (Fsp3) is 0.212. The fourth-order valence-electron chi connectivity index (χ4n) is 5.76. The van der Waals surface area contributed by atoms with Crippen molar-refractivity contribution in [3.63, 3.8) is 0 Å². The second-order valence-electron chi connectivity index (χ2n) is 9.61. The van der Waals surface area contributed by atoms with E-state index in [1.165, 1.54) is 0 Å². The predicted molar refractivity (Wildman–Crippen MR) is 153 cm³/mol. The van der Waals surface area contributed by atoms with Gasteiger partial charge >= 0.3 is 7.12 Å². The predicted octanol–water partition coefficient (Wildman–Crippen LogP) is 5.53. The summed E-state index contributed by atoms with van der Waals surface area (Å²) in [6.45, 7) is 3.77. The van der Waals surface area contributed by atoms with Gasteiger partial charge in [0.1, 0.15) is 23.4 Å². The molecule has 198 valence electrons. The zero-order valence-corrected chi connectivity index (χ0v) is 22.3. The first-order valence-corrected chi connectivity index (χ1v) is 13.0. The maximum Gasteiger partial charge on any atom is 0.492 e. The summed E-state index contributed by atoms with van der Waals surface area (Å²) in [6.07, 6.45) is -1.44. The maximum absolute atomic E-state index is 10.0. The van der Waals surface area contributed by atoms with E-state index in [1.807, 2.05) is 121 Å². The van der Waals surface area contributed by atoms with Gasteiger partial charge in [0.15, 0.2) is 0 Å². The third-order valence-corrected chi connectivity index (χ3v) is 7.61. The Morgan fingerprint density at radius 3 is 1.15 bits per heavy atom. The van der Waals surface area contributed by atoms with Gasteiger partial charge in [0, 0.05) is 14.2 Å². The zero-order chi connectivity index (χ0) is 27.3. The minimum atomic E-state index is -1.09. The van der Waals surface area contributed by atoms with E-state index in [0.29, 0.717) is 5.47 Å². The molecule has 0 unspecified atom stereocenters. The van der Waals surface area contributed by atoms with Crippen LogP contribution in [0.2, 0.25) is 0 Å². The Hall–Kier alpha value is -3.52. The average molecular weight is 520 g/mol. The van der Waals surface area contributed by atoms with Crippen LogP contribution in [-0.4, -0.2) is 45.3 Å². The highest BCUT2D eigenvalue weighted by atomic mass is 16.7. The van der Waals surface area contributed by atoms with E-state index in [9.17, 15) is 5.11 Å². The molecule has 5 nitrogen and oxygen atoms in total. The van der Waals surface area contributed by atoms with E-state index in [0.717, 1.165) is 22.3 Å². The molecule has 2 atom stereocenters. The molecule has 0 amide bonds. The van der Waals surface area contributed by atoms with Gasteiger partial charge < -0.3 is 23.9 Å². The van der Waals surface area contributed by atoms with Crippen LogP contribution in [0.1, 0.15) is 22.3 Å². The summed E-state index contributed by atoms with van der Waals surface area (Å²) in [5.41, 5.74) is 1.84. The van der Waals surface area contributed by atoms with Crippen LogP contribution in [0.15, 0.2) is 133 Å². The highest BCUT2D eigenvalue weighted by Gasteiger charge is 2.62. The molecular weight excluding hydrogens is 487 g/mol. The van der Waals surface area contributed by atoms with E-state index in [2.05, 4.69) is 6.58 Å². The van der Waals surface area contributed by atoms with Crippen molar-refractivity contribution in [1.29, 1.82) is 0 Å². The molecule has 1 fully saturated rings. The Balaban J connectivity index is 1.81. The number of hydrogen-bond donors (Lipinski definition) is 1. The smallest absolute Gasteiger partial charge is 0.398 e. The van der Waals surface area contributed by atoms with Gasteiger partial charge in [-0.1, -0.05) is 121 Å². The van der Waals surface area contributed by atoms with Crippen LogP contribution in [0.4, 0.5) is 0 Å². The molecule has 1 N–H and O–H groups in total. The Labute approximate surface area is 230 Å². The summed E-state index contributed by atoms with van der Waals surface area (Å²) in [5, 5.41) is 10.0. The molecule has 6 heteroatoms. The molecule has 1 heterocycles. The van der Waals surface area contributed by atoms with Gasteiger partial charge in [0.2, 0.25) is 0 Å². The molecule has 0 spiro atoms. The van der Waals surface area contributed by atoms with Crippen molar-refractivity contribution >= 4 is 7.12 Å². The van der Waals surface area contributed by atoms with Gasteiger partial charge in [-0.3, -0.25) is 0 Å². The number of methoxy groups -OCH3 is 2. The van der Waals surface area contributed by atoms with Crippen molar-refractivity contribution in [2.45, 2.75) is 23.4 Å². The lowest BCUT2D eigenvalue weighted by Gasteiger charge is -2.46. The molecule has 5 rings (SSSR count). The second kappa shape index (κ2) is 11.7. The molecule has 0 aromatic heterocycles. The summed E-state index contributed by atoms with van der Waals surface area (Å²) >= 11 is 0. The van der Waals surface area contributed by atoms with E-state index >= 15 is 0 Å². The van der Waals surface area contributed by atoms with Gasteiger partial charge in [0.05, 0.1) is 6.61 Å². The minimum Gasteiger partial charge on any atom is -0.398 e. The van der Waals surface area contributed by atoms with Crippen LogP contribution < -0.4 is 0 Å². The van der Waals surface area contributed by atoms with Crippen LogP contribution in [0.5, 0.6) is 0 Å². The van der Waals surface area contributed by atoms with Gasteiger partial charge in [-0.25, -0.2) is 0 Å². The first-order chi connectivity index (χ1) is 19.1. The fourth-order valence-corrected chi connectivity index (χ4v) is 5.76. The number of aliphatic hydroxyl groups is 1. The van der Waals surface area contributed by atoms with E-state index in [4.69, 9.17) is 18.8 Å². The molecule has 0 aliphatic carbocycles. The van der Waals surface area contributed by atoms with Gasteiger partial charge in [-0.15, -0.1) is 6.58 Å². The summed E-state index contributed by atoms with van der Waals surface area (Å²) in [5.74, 6) is 0. The van der Waals surface area contributed by atoms with Crippen LogP contribution in [0.25, 0.3) is 0 Å². The number of rotatable bonds is 10. The molecular formula is C33H33BO5. The third-order valence-electron chi connectivity index (χ3n) is 7.61. The van der Waals surface area contributed by atoms with E-state index in [1.54, 1.807) is 14.2 Å². The van der Waals surface area contributed by atoms with Gasteiger partial charge in [-0.2, -0.15) is 0 Å². The highest BCUT2D eigenvalue weighted by Crippen LogP contribution is 2.50. The zero-order valence-electron chi connectivity index (χ0n) is 22.3. The van der Waals surface area contributed by atoms with Crippen molar-refractivity contribution in [1.82, 2.24) is 0 Å². The average Bonchev–Trinajstić information content (AvgIpc) is 3.46. The lowest BCUT2D eigenvalue weighted by molar-refractivity contribution is -0.136. The van der Waals surface area contributed by atoms with E-state index < -0.39 is 30.5 Å². The van der Waals surface area contributed by atoms with Crippen molar-refractivity contribution in [3.05, 3.63) is 156 Å². The second-order valence-corrected chi connectivity index (χ2v) is 9.61. The molecule has 0 radical (unpaired) electrons. The molecule has 39 heavy (non-hydrogen) atoms. The summed E-state index contributed by atoms with van der Waals surface area (Å²) in [6, 6.07) is 40.0. The Kier molecular flexibility index (Phi) is 8.12. The largest absolute Gasteiger partial charge is 0.492 e. The Bertz CT molecular complexity index is 1170. The van der Waals surface area contributed by atoms with Crippen LogP contribution in [0.3, 0.4) is 0 Å². The summed E-state index contributed by atoms with van der Waals surface area (Å²) < 4.78 is 26.6. The molecule has 0 bridgehead atoms. The minimum absolute atomic E-state index is 0.280. The third kappa shape index (κ3) is 4.65. The molecule has 4 aromatic rings. The Morgan fingerprint density at radius 2 is 0.923 bits per heavy atom. The van der Waals surface area contributed by atoms with Crippen molar-refractivity contribution < 1.29 is 23.9 Å². The van der Waals surface area contributed by atoms with Crippen LogP contribution in [0, 0.1) is 0 Å². The number of aliphatic hydroxyl groups excluding tert-OH is 1. The molecule has 1 saturated heterocycles. The quantitative estimate of drug-likeness (QED) is 0.279. The SMILES string of the molecule is C=C(CO)B1O[C@@H](C(OC)(c2ccccc2)c2ccccc2)[C@H](C(OC)(c2ccccc2)c2ccccc2)O1. The topological polar surface area (TPSA) is 57.2 Å². The standard InChI is InChI=1S/C33H33BO5/c1-25(24-35)34-38-30(32(36-2,26-16-8-4-9-17-26)27-18-10-5-11-19-27)31(39-34)33(37-3,28-20-12-6-13-21-28)29-22-14-7-15-23-29/h4-23,30-31,35H,1,24H2,2-3H3/t30-,31-/m1/s1. The van der Waals surface area contributed by atoms with Gasteiger partial charge in [-0.05, 0) is 27.7 Å². The number of benzene rings is 4. The molecule has 1 aliphatic heterocycles. The number of hydrogen-bond acceptors (Lipinski definition) is 5. The molecule has 0 saturated carbocycles. The maximum atomic E-state index is 10.0. The highest BCUT2D eigenvalue weighted by molar-refractivity contribution is 6.54. The summed E-state index contributed by atoms with van der Waals surface area (Å²) in [7, 11) is 2.50. The van der Waals surface area contributed by atoms with Crippen molar-refractivity contribution in [2.75, 3.05) is 20.8 Å². The number of ether oxygens (including phenoxy) is 2. The van der Waals surface area contributed by atoms with Crippen molar-refractivity contribution in [3.8, 4) is 0 Å². The first-order valence-electron chi connectivity index (χ1n) is 13.0. The molecule has 4 aromatic carbocycles. The molecule has 1 aliphatic rings. The Morgan fingerprint density at radius 1 is 0.641 bits per heavy atom. The lowest BCUT2D eigenvalue weighted by atomic mass is 9.71. The van der Waals surface area contributed by atoms with Crippen LogP contribution in [-0.2, 0) is 30.0 Å². The monoisotopic (exact) mass is 520 g/mol. The normalized spacial score (nSPS) is 17.8. The van der Waals surface area contributed by atoms with Crippen molar-refractivity contribution in [2.24, 2.45) is 0 Å². The van der Waals surface area contributed by atoms with E-state index in [-0.39, 0.29) is 6.61 Å². The first kappa shape index (κ1) is 27.1. The van der Waals surface area contributed by atoms with Gasteiger partial charge in [0.25, 0.3) is 0 Å². The van der Waals surface area contributed by atoms with Crippen LogP contribution >= 0.6 is 0 Å². The lowest BCUT2D eigenvalue weighted by Crippen LogP contribution is -2.56. The summed E-state index contributed by atoms with van der Waals surface area (Å²) in [4.78, 5) is 0.